The number of amides is 1. The zero-order valence-electron chi connectivity index (χ0n) is 12.6. The molecule has 1 fully saturated rings. The molecule has 0 aromatic heterocycles. The van der Waals surface area contributed by atoms with Gasteiger partial charge in [0.15, 0.2) is 0 Å². The molecule has 0 bridgehead atoms. The van der Waals surface area contributed by atoms with Crippen LogP contribution in [0.3, 0.4) is 0 Å². The lowest BCUT2D eigenvalue weighted by Gasteiger charge is -2.22. The van der Waals surface area contributed by atoms with E-state index in [-0.39, 0.29) is 11.3 Å². The fourth-order valence-electron chi connectivity index (χ4n) is 2.65. The molecule has 1 aromatic rings. The highest BCUT2D eigenvalue weighted by Gasteiger charge is 2.39. The summed E-state index contributed by atoms with van der Waals surface area (Å²) < 4.78 is 5.67. The largest absolute Gasteiger partial charge is 0.492 e. The van der Waals surface area contributed by atoms with Crippen molar-refractivity contribution in [2.24, 2.45) is 5.41 Å². The van der Waals surface area contributed by atoms with Gasteiger partial charge in [0.2, 0.25) is 5.91 Å². The first-order valence-electron chi connectivity index (χ1n) is 7.15. The first kappa shape index (κ1) is 15.3. The second kappa shape index (κ2) is 6.59. The van der Waals surface area contributed by atoms with Crippen LogP contribution in [-0.4, -0.2) is 44.1 Å². The van der Waals surface area contributed by atoms with Crippen molar-refractivity contribution in [2.75, 3.05) is 33.3 Å². The van der Waals surface area contributed by atoms with E-state index in [1.807, 2.05) is 6.92 Å². The smallest absolute Gasteiger partial charge is 0.227 e. The van der Waals surface area contributed by atoms with Crippen molar-refractivity contribution in [1.82, 2.24) is 10.2 Å². The third kappa shape index (κ3) is 3.73. The quantitative estimate of drug-likeness (QED) is 0.889. The Labute approximate surface area is 125 Å². The molecule has 5 heteroatoms. The standard InChI is InChI=1S/C16H21N3O2/c1-16(15(20)18-2)7-8-19(12-16)9-10-21-14-5-3-13(11-17)4-6-14/h3-6H,7-10,12H2,1-2H3,(H,18,20). The minimum atomic E-state index is -0.288. The van der Waals surface area contributed by atoms with Gasteiger partial charge in [-0.2, -0.15) is 5.26 Å². The number of carbonyl (C=O) groups is 1. The number of hydrogen-bond donors (Lipinski definition) is 1. The first-order chi connectivity index (χ1) is 10.1. The third-order valence-electron chi connectivity index (χ3n) is 3.99. The third-order valence-corrected chi connectivity index (χ3v) is 3.99. The van der Waals surface area contributed by atoms with E-state index in [0.717, 1.165) is 31.8 Å². The van der Waals surface area contributed by atoms with E-state index in [2.05, 4.69) is 16.3 Å². The number of ether oxygens (including phenoxy) is 1. The predicted molar refractivity (Wildman–Crippen MR) is 79.9 cm³/mol. The predicted octanol–water partition coefficient (Wildman–Crippen LogP) is 1.40. The topological polar surface area (TPSA) is 65.4 Å². The molecule has 0 radical (unpaired) electrons. The summed E-state index contributed by atoms with van der Waals surface area (Å²) in [6.45, 7) is 5.07. The fourth-order valence-corrected chi connectivity index (χ4v) is 2.65. The average Bonchev–Trinajstić information content (AvgIpc) is 2.90. The number of rotatable bonds is 5. The van der Waals surface area contributed by atoms with Crippen LogP contribution in [0.1, 0.15) is 18.9 Å². The Morgan fingerprint density at radius 1 is 1.48 bits per heavy atom. The van der Waals surface area contributed by atoms with E-state index in [9.17, 15) is 4.79 Å². The summed E-state index contributed by atoms with van der Waals surface area (Å²) in [7, 11) is 1.68. The summed E-state index contributed by atoms with van der Waals surface area (Å²) in [5.41, 5.74) is 0.339. The van der Waals surface area contributed by atoms with Gasteiger partial charge in [-0.3, -0.25) is 9.69 Å². The van der Waals surface area contributed by atoms with E-state index in [4.69, 9.17) is 10.00 Å². The van der Waals surface area contributed by atoms with E-state index in [0.29, 0.717) is 12.2 Å². The molecular weight excluding hydrogens is 266 g/mol. The molecule has 1 amide bonds. The van der Waals surface area contributed by atoms with Crippen LogP contribution in [0.25, 0.3) is 0 Å². The van der Waals surface area contributed by atoms with Crippen LogP contribution in [-0.2, 0) is 4.79 Å². The molecule has 1 unspecified atom stereocenters. The van der Waals surface area contributed by atoms with Gasteiger partial charge < -0.3 is 10.1 Å². The fraction of sp³-hybridized carbons (Fsp3) is 0.500. The van der Waals surface area contributed by atoms with E-state index < -0.39 is 0 Å². The van der Waals surface area contributed by atoms with Crippen LogP contribution < -0.4 is 10.1 Å². The van der Waals surface area contributed by atoms with E-state index >= 15 is 0 Å². The van der Waals surface area contributed by atoms with Crippen LogP contribution in [0.2, 0.25) is 0 Å². The SMILES string of the molecule is CNC(=O)C1(C)CCN(CCOc2ccc(C#N)cc2)C1. The van der Waals surface area contributed by atoms with Crippen LogP contribution in [0.4, 0.5) is 0 Å². The van der Waals surface area contributed by atoms with Crippen molar-refractivity contribution in [2.45, 2.75) is 13.3 Å². The Hall–Kier alpha value is -2.06. The summed E-state index contributed by atoms with van der Waals surface area (Å²) in [5.74, 6) is 0.875. The number of nitrogens with one attached hydrogen (secondary N) is 1. The molecule has 0 aliphatic carbocycles. The Morgan fingerprint density at radius 2 is 2.19 bits per heavy atom. The lowest BCUT2D eigenvalue weighted by atomic mass is 9.89. The van der Waals surface area contributed by atoms with Crippen molar-refractivity contribution in [3.05, 3.63) is 29.8 Å². The lowest BCUT2D eigenvalue weighted by molar-refractivity contribution is -0.129. The molecule has 0 saturated carbocycles. The minimum absolute atomic E-state index is 0.109. The molecule has 112 valence electrons. The van der Waals surface area contributed by atoms with Crippen LogP contribution in [0.15, 0.2) is 24.3 Å². The van der Waals surface area contributed by atoms with Gasteiger partial charge in [-0.15, -0.1) is 0 Å². The van der Waals surface area contributed by atoms with Gasteiger partial charge in [0.05, 0.1) is 17.0 Å². The number of carbonyl (C=O) groups excluding carboxylic acids is 1. The van der Waals surface area contributed by atoms with Crippen LogP contribution in [0, 0.1) is 16.7 Å². The van der Waals surface area contributed by atoms with Gasteiger partial charge in [-0.1, -0.05) is 0 Å². The first-order valence-corrected chi connectivity index (χ1v) is 7.15. The van der Waals surface area contributed by atoms with Crippen LogP contribution in [0.5, 0.6) is 5.75 Å². The second-order valence-electron chi connectivity index (χ2n) is 5.65. The zero-order chi connectivity index (χ0) is 15.3. The molecule has 5 nitrogen and oxygen atoms in total. The number of nitrogens with zero attached hydrogens (tertiary/aromatic N) is 2. The zero-order valence-corrected chi connectivity index (χ0v) is 12.6. The Balaban J connectivity index is 1.77. The Bertz CT molecular complexity index is 535. The number of likely N-dealkylation sites (tertiary alicyclic amines) is 1. The maximum atomic E-state index is 11.8. The Kier molecular flexibility index (Phi) is 4.81. The number of nitriles is 1. The van der Waals surface area contributed by atoms with Crippen molar-refractivity contribution in [1.29, 1.82) is 5.26 Å². The molecule has 21 heavy (non-hydrogen) atoms. The van der Waals surface area contributed by atoms with Gasteiger partial charge in [0.25, 0.3) is 0 Å². The maximum absolute atomic E-state index is 11.8. The summed E-state index contributed by atoms with van der Waals surface area (Å²) in [6.07, 6.45) is 0.879. The summed E-state index contributed by atoms with van der Waals surface area (Å²) >= 11 is 0. The van der Waals surface area contributed by atoms with Crippen molar-refractivity contribution in [3.63, 3.8) is 0 Å². The molecule has 1 aromatic carbocycles. The molecule has 1 aliphatic rings. The van der Waals surface area contributed by atoms with Crippen molar-refractivity contribution < 1.29 is 9.53 Å². The van der Waals surface area contributed by atoms with Crippen molar-refractivity contribution in [3.8, 4) is 11.8 Å². The molecule has 1 atom stereocenters. The van der Waals surface area contributed by atoms with Gasteiger partial charge in [0, 0.05) is 20.1 Å². The Morgan fingerprint density at radius 3 is 2.81 bits per heavy atom. The lowest BCUT2D eigenvalue weighted by Crippen LogP contribution is -2.39. The maximum Gasteiger partial charge on any atom is 0.227 e. The van der Waals surface area contributed by atoms with E-state index in [1.54, 1.807) is 31.3 Å². The average molecular weight is 287 g/mol. The highest BCUT2D eigenvalue weighted by atomic mass is 16.5. The number of benzene rings is 1. The van der Waals surface area contributed by atoms with E-state index in [1.165, 1.54) is 0 Å². The molecule has 0 spiro atoms. The van der Waals surface area contributed by atoms with Gasteiger partial charge in [-0.05, 0) is 44.2 Å². The summed E-state index contributed by atoms with van der Waals surface area (Å²) in [5, 5.41) is 11.5. The molecular formula is C16H21N3O2. The molecule has 1 N–H and O–H groups in total. The van der Waals surface area contributed by atoms with Gasteiger partial charge in [0.1, 0.15) is 12.4 Å². The molecule has 2 rings (SSSR count). The van der Waals surface area contributed by atoms with Crippen molar-refractivity contribution >= 4 is 5.91 Å². The normalized spacial score (nSPS) is 21.8. The summed E-state index contributed by atoms with van der Waals surface area (Å²) in [4.78, 5) is 14.1. The van der Waals surface area contributed by atoms with Gasteiger partial charge >= 0.3 is 0 Å². The molecule has 1 heterocycles. The number of hydrogen-bond acceptors (Lipinski definition) is 4. The molecule has 1 aliphatic heterocycles. The highest BCUT2D eigenvalue weighted by molar-refractivity contribution is 5.82. The monoisotopic (exact) mass is 287 g/mol. The second-order valence-corrected chi connectivity index (χ2v) is 5.65. The summed E-state index contributed by atoms with van der Waals surface area (Å²) in [6, 6.07) is 9.17. The highest BCUT2D eigenvalue weighted by Crippen LogP contribution is 2.29. The van der Waals surface area contributed by atoms with Crippen LogP contribution >= 0.6 is 0 Å². The van der Waals surface area contributed by atoms with Gasteiger partial charge in [-0.25, -0.2) is 0 Å². The minimum Gasteiger partial charge on any atom is -0.492 e. The molecule has 1 saturated heterocycles.